The highest BCUT2D eigenvalue weighted by atomic mass is 35.5. The Kier molecular flexibility index (Phi) is 4.76. The summed E-state index contributed by atoms with van der Waals surface area (Å²) in [4.78, 5) is 17.4. The van der Waals surface area contributed by atoms with Gasteiger partial charge in [-0.1, -0.05) is 36.9 Å². The molecule has 136 valence electrons. The molecule has 1 aliphatic heterocycles. The highest BCUT2D eigenvalue weighted by Crippen LogP contribution is 2.41. The van der Waals surface area contributed by atoms with E-state index in [0.717, 1.165) is 37.4 Å². The van der Waals surface area contributed by atoms with E-state index in [2.05, 4.69) is 9.80 Å². The van der Waals surface area contributed by atoms with Crippen molar-refractivity contribution in [2.45, 2.75) is 57.0 Å². The molecule has 1 amide bonds. The van der Waals surface area contributed by atoms with Gasteiger partial charge in [0.2, 0.25) is 5.91 Å². The summed E-state index contributed by atoms with van der Waals surface area (Å²) in [6.45, 7) is 2.93. The standard InChI is InChI=1S/C20H26ClFN2O/c21-18-10-17(22)7-6-16(18)12-23-13-19(25)24(11-15-4-5-15)20(14-23)8-2-1-3-9-20/h6-7,10,15H,1-5,8-9,11-14H2. The fourth-order valence-electron chi connectivity index (χ4n) is 4.59. The number of rotatable bonds is 4. The molecule has 2 saturated carbocycles. The zero-order valence-electron chi connectivity index (χ0n) is 14.6. The maximum Gasteiger partial charge on any atom is 0.237 e. The van der Waals surface area contributed by atoms with Crippen molar-refractivity contribution in [3.05, 3.63) is 34.6 Å². The Hall–Kier alpha value is -1.13. The molecule has 0 aromatic heterocycles. The molecule has 1 heterocycles. The summed E-state index contributed by atoms with van der Waals surface area (Å²) in [6.07, 6.45) is 8.46. The molecule has 1 saturated heterocycles. The predicted octanol–water partition coefficient (Wildman–Crippen LogP) is 4.24. The molecular formula is C20H26ClFN2O. The maximum atomic E-state index is 13.3. The largest absolute Gasteiger partial charge is 0.334 e. The lowest BCUT2D eigenvalue weighted by molar-refractivity contribution is -0.150. The zero-order chi connectivity index (χ0) is 17.4. The van der Waals surface area contributed by atoms with Crippen LogP contribution in [0.3, 0.4) is 0 Å². The number of carbonyl (C=O) groups excluding carboxylic acids is 1. The summed E-state index contributed by atoms with van der Waals surface area (Å²) < 4.78 is 13.3. The van der Waals surface area contributed by atoms with Gasteiger partial charge in [0.15, 0.2) is 0 Å². The molecule has 1 aromatic rings. The molecule has 2 aliphatic carbocycles. The van der Waals surface area contributed by atoms with Crippen molar-refractivity contribution < 1.29 is 9.18 Å². The smallest absolute Gasteiger partial charge is 0.237 e. The second-order valence-electron chi connectivity index (χ2n) is 8.11. The number of amides is 1. The number of nitrogens with zero attached hydrogens (tertiary/aromatic N) is 2. The molecule has 3 aliphatic rings. The van der Waals surface area contributed by atoms with Gasteiger partial charge < -0.3 is 4.90 Å². The van der Waals surface area contributed by atoms with Crippen LogP contribution in [0.4, 0.5) is 4.39 Å². The summed E-state index contributed by atoms with van der Waals surface area (Å²) in [5, 5.41) is 0.450. The van der Waals surface area contributed by atoms with Gasteiger partial charge in [0.05, 0.1) is 12.1 Å². The first-order valence-electron chi connectivity index (χ1n) is 9.52. The molecule has 4 rings (SSSR count). The molecule has 0 N–H and O–H groups in total. The van der Waals surface area contributed by atoms with Gasteiger partial charge in [-0.3, -0.25) is 9.69 Å². The van der Waals surface area contributed by atoms with E-state index in [1.165, 1.54) is 44.2 Å². The molecule has 25 heavy (non-hydrogen) atoms. The number of benzene rings is 1. The lowest BCUT2D eigenvalue weighted by Gasteiger charge is -2.53. The average molecular weight is 365 g/mol. The Bertz CT molecular complexity index is 655. The van der Waals surface area contributed by atoms with Crippen LogP contribution < -0.4 is 0 Å². The predicted molar refractivity (Wildman–Crippen MR) is 96.9 cm³/mol. The van der Waals surface area contributed by atoms with E-state index in [-0.39, 0.29) is 17.3 Å². The summed E-state index contributed by atoms with van der Waals surface area (Å²) in [6, 6.07) is 4.55. The Labute approximate surface area is 154 Å². The fraction of sp³-hybridized carbons (Fsp3) is 0.650. The molecule has 3 fully saturated rings. The minimum absolute atomic E-state index is 0.00266. The summed E-state index contributed by atoms with van der Waals surface area (Å²) >= 11 is 6.21. The highest BCUT2D eigenvalue weighted by molar-refractivity contribution is 6.31. The monoisotopic (exact) mass is 364 g/mol. The van der Waals surface area contributed by atoms with Gasteiger partial charge in [0, 0.05) is 24.7 Å². The van der Waals surface area contributed by atoms with Crippen LogP contribution in [-0.4, -0.2) is 40.9 Å². The van der Waals surface area contributed by atoms with Crippen molar-refractivity contribution in [2.75, 3.05) is 19.6 Å². The van der Waals surface area contributed by atoms with Crippen LogP contribution >= 0.6 is 11.6 Å². The summed E-state index contributed by atoms with van der Waals surface area (Å²) in [7, 11) is 0. The number of halogens is 2. The third-order valence-corrected chi connectivity index (χ3v) is 6.43. The molecule has 1 aromatic carbocycles. The van der Waals surface area contributed by atoms with Gasteiger partial charge in [-0.25, -0.2) is 4.39 Å². The van der Waals surface area contributed by atoms with Crippen molar-refractivity contribution in [3.8, 4) is 0 Å². The Morgan fingerprint density at radius 1 is 1.20 bits per heavy atom. The van der Waals surface area contributed by atoms with Crippen molar-refractivity contribution in [3.63, 3.8) is 0 Å². The van der Waals surface area contributed by atoms with Crippen LogP contribution in [0.2, 0.25) is 5.02 Å². The van der Waals surface area contributed by atoms with Gasteiger partial charge in [-0.05, 0) is 49.3 Å². The van der Waals surface area contributed by atoms with Gasteiger partial charge in [-0.15, -0.1) is 0 Å². The third-order valence-electron chi connectivity index (χ3n) is 6.08. The SMILES string of the molecule is O=C1CN(Cc2ccc(F)cc2Cl)CC2(CCCCC2)N1CC1CC1. The van der Waals surface area contributed by atoms with E-state index in [1.54, 1.807) is 6.07 Å². The van der Waals surface area contributed by atoms with Crippen LogP contribution in [0.1, 0.15) is 50.5 Å². The highest BCUT2D eigenvalue weighted by Gasteiger charge is 2.47. The van der Waals surface area contributed by atoms with E-state index in [9.17, 15) is 9.18 Å². The first kappa shape index (κ1) is 17.3. The number of hydrogen-bond donors (Lipinski definition) is 0. The van der Waals surface area contributed by atoms with E-state index >= 15 is 0 Å². The molecule has 1 spiro atoms. The minimum atomic E-state index is -0.317. The quantitative estimate of drug-likeness (QED) is 0.798. The van der Waals surface area contributed by atoms with E-state index in [0.29, 0.717) is 18.1 Å². The lowest BCUT2D eigenvalue weighted by Crippen LogP contribution is -2.65. The molecule has 3 nitrogen and oxygen atoms in total. The van der Waals surface area contributed by atoms with Crippen LogP contribution in [0.5, 0.6) is 0 Å². The first-order valence-corrected chi connectivity index (χ1v) is 9.90. The number of hydrogen-bond acceptors (Lipinski definition) is 2. The Morgan fingerprint density at radius 2 is 1.96 bits per heavy atom. The van der Waals surface area contributed by atoms with Crippen molar-refractivity contribution >= 4 is 17.5 Å². The second-order valence-corrected chi connectivity index (χ2v) is 8.52. The first-order chi connectivity index (χ1) is 12.1. The van der Waals surface area contributed by atoms with Crippen LogP contribution in [0.25, 0.3) is 0 Å². The lowest BCUT2D eigenvalue weighted by atomic mass is 9.78. The van der Waals surface area contributed by atoms with Gasteiger partial charge in [0.25, 0.3) is 0 Å². The maximum absolute atomic E-state index is 13.3. The molecule has 0 radical (unpaired) electrons. The van der Waals surface area contributed by atoms with Crippen molar-refractivity contribution in [1.82, 2.24) is 9.80 Å². The number of piperazine rings is 1. The topological polar surface area (TPSA) is 23.6 Å². The summed E-state index contributed by atoms with van der Waals surface area (Å²) in [5.74, 6) is 0.668. The molecule has 0 bridgehead atoms. The summed E-state index contributed by atoms with van der Waals surface area (Å²) in [5.41, 5.74) is 0.903. The van der Waals surface area contributed by atoms with E-state index < -0.39 is 0 Å². The van der Waals surface area contributed by atoms with Crippen LogP contribution in [0, 0.1) is 11.7 Å². The van der Waals surface area contributed by atoms with Crippen molar-refractivity contribution in [2.24, 2.45) is 5.92 Å². The molecule has 0 atom stereocenters. The van der Waals surface area contributed by atoms with Gasteiger partial charge in [0.1, 0.15) is 5.82 Å². The zero-order valence-corrected chi connectivity index (χ0v) is 15.4. The van der Waals surface area contributed by atoms with Crippen LogP contribution in [0.15, 0.2) is 18.2 Å². The van der Waals surface area contributed by atoms with Gasteiger partial charge in [-0.2, -0.15) is 0 Å². The molecular weight excluding hydrogens is 339 g/mol. The third kappa shape index (κ3) is 3.70. The molecule has 5 heteroatoms. The van der Waals surface area contributed by atoms with Crippen LogP contribution in [-0.2, 0) is 11.3 Å². The Morgan fingerprint density at radius 3 is 2.64 bits per heavy atom. The van der Waals surface area contributed by atoms with Crippen molar-refractivity contribution in [1.29, 1.82) is 0 Å². The average Bonchev–Trinajstić information content (AvgIpc) is 3.39. The fourth-order valence-corrected chi connectivity index (χ4v) is 4.82. The van der Waals surface area contributed by atoms with Gasteiger partial charge >= 0.3 is 0 Å². The Balaban J connectivity index is 1.53. The van der Waals surface area contributed by atoms with E-state index in [1.807, 2.05) is 0 Å². The molecule has 0 unspecified atom stereocenters. The minimum Gasteiger partial charge on any atom is -0.334 e. The number of carbonyl (C=O) groups is 1. The normalized spacial score (nSPS) is 24.1. The van der Waals surface area contributed by atoms with E-state index in [4.69, 9.17) is 11.6 Å². The second kappa shape index (κ2) is 6.88.